The lowest BCUT2D eigenvalue weighted by Crippen LogP contribution is -2.61. The molecule has 1 aromatic rings. The van der Waals surface area contributed by atoms with Crippen molar-refractivity contribution in [2.24, 2.45) is 17.8 Å². The fraction of sp³-hybridized carbons (Fsp3) is 0.706. The Kier molecular flexibility index (Phi) is 10.6. The van der Waals surface area contributed by atoms with Gasteiger partial charge in [0.2, 0.25) is 11.8 Å². The van der Waals surface area contributed by atoms with Gasteiger partial charge in [-0.1, -0.05) is 13.8 Å². The number of carbonyl (C=O) groups is 4. The van der Waals surface area contributed by atoms with Crippen molar-refractivity contribution in [3.63, 3.8) is 0 Å². The van der Waals surface area contributed by atoms with Crippen molar-refractivity contribution in [1.29, 1.82) is 0 Å². The van der Waals surface area contributed by atoms with Gasteiger partial charge in [-0.25, -0.2) is 4.79 Å². The average Bonchev–Trinajstić information content (AvgIpc) is 3.79. The molecule has 4 atom stereocenters. The summed E-state index contributed by atoms with van der Waals surface area (Å²) in [4.78, 5) is 59.4. The van der Waals surface area contributed by atoms with E-state index in [0.29, 0.717) is 36.7 Å². The molecule has 2 heterocycles. The number of fused-ring (bicyclic) bond motifs is 1. The number of benzene rings is 1. The van der Waals surface area contributed by atoms with Crippen molar-refractivity contribution < 1.29 is 38.5 Å². The Morgan fingerprint density at radius 3 is 2.37 bits per heavy atom. The molecule has 4 rings (SSSR count). The Morgan fingerprint density at radius 2 is 1.78 bits per heavy atom. The summed E-state index contributed by atoms with van der Waals surface area (Å²) in [6, 6.07) is 5.02. The van der Waals surface area contributed by atoms with Crippen molar-refractivity contribution in [2.45, 2.75) is 104 Å². The van der Waals surface area contributed by atoms with Crippen molar-refractivity contribution in [1.82, 2.24) is 10.2 Å². The largest absolute Gasteiger partial charge is 0.476 e. The number of rotatable bonds is 10. The van der Waals surface area contributed by atoms with E-state index in [1.54, 1.807) is 69.7 Å². The van der Waals surface area contributed by atoms with E-state index in [4.69, 9.17) is 14.2 Å². The van der Waals surface area contributed by atoms with Gasteiger partial charge < -0.3 is 39.3 Å². The number of hydrogen-bond donors (Lipinski definition) is 2. The van der Waals surface area contributed by atoms with E-state index in [1.807, 2.05) is 20.8 Å². The first-order chi connectivity index (χ1) is 21.4. The van der Waals surface area contributed by atoms with Crippen LogP contribution in [0.1, 0.15) is 74.7 Å². The number of nitrogens with one attached hydrogen (secondary N) is 1. The highest BCUT2D eigenvalue weighted by atomic mass is 16.6. The molecule has 1 aromatic carbocycles. The monoisotopic (exact) mass is 644 g/mol. The standard InChI is InChI=1S/C34H52N4O8/c1-20(2)21(3)35-29(40)24-18-36(32(43)46-33(4,5)6)19-25(28(24)39)30(41)38(22-11-12-22)23-13-14-27-26(17-23)37(15-10-16-44-9)31(42)34(7,8)45-27/h13-14,17,20-22,24-25,28,39H,10-12,15-16,18-19H2,1-9H3,(H,35,40)/t21-,24+,25-,28+/m0/s1. The summed E-state index contributed by atoms with van der Waals surface area (Å²) in [5, 5.41) is 14.6. The lowest BCUT2D eigenvalue weighted by Gasteiger charge is -2.42. The van der Waals surface area contributed by atoms with Crippen LogP contribution in [0, 0.1) is 17.8 Å². The van der Waals surface area contributed by atoms with Crippen LogP contribution >= 0.6 is 0 Å². The number of carbonyl (C=O) groups excluding carboxylic acids is 4. The predicted molar refractivity (Wildman–Crippen MR) is 174 cm³/mol. The van der Waals surface area contributed by atoms with Gasteiger partial charge in [0.15, 0.2) is 5.60 Å². The molecule has 0 spiro atoms. The van der Waals surface area contributed by atoms with Crippen molar-refractivity contribution in [3.05, 3.63) is 18.2 Å². The van der Waals surface area contributed by atoms with Gasteiger partial charge in [0.25, 0.3) is 5.91 Å². The molecule has 2 N–H and O–H groups in total. The van der Waals surface area contributed by atoms with Crippen LogP contribution < -0.4 is 19.9 Å². The highest BCUT2D eigenvalue weighted by Gasteiger charge is 2.49. The number of likely N-dealkylation sites (tertiary alicyclic amines) is 1. The number of piperidine rings is 1. The molecular formula is C34H52N4O8. The molecule has 2 fully saturated rings. The molecule has 1 aliphatic carbocycles. The molecule has 0 unspecified atom stereocenters. The number of anilines is 2. The maximum Gasteiger partial charge on any atom is 0.410 e. The zero-order valence-corrected chi connectivity index (χ0v) is 28.8. The van der Waals surface area contributed by atoms with Crippen molar-refractivity contribution in [3.8, 4) is 5.75 Å². The molecule has 4 amide bonds. The van der Waals surface area contributed by atoms with Crippen molar-refractivity contribution in [2.75, 3.05) is 43.2 Å². The fourth-order valence-corrected chi connectivity index (χ4v) is 5.81. The maximum absolute atomic E-state index is 14.5. The summed E-state index contributed by atoms with van der Waals surface area (Å²) in [5.74, 6) is -2.46. The third kappa shape index (κ3) is 7.94. The second-order valence-corrected chi connectivity index (χ2v) is 14.6. The van der Waals surface area contributed by atoms with E-state index in [0.717, 1.165) is 12.8 Å². The topological polar surface area (TPSA) is 138 Å². The number of aliphatic hydroxyl groups is 1. The molecule has 12 heteroatoms. The Bertz CT molecular complexity index is 1300. The Balaban J connectivity index is 1.69. The first-order valence-electron chi connectivity index (χ1n) is 16.4. The number of amides is 4. The third-order valence-electron chi connectivity index (χ3n) is 8.85. The van der Waals surface area contributed by atoms with E-state index >= 15 is 0 Å². The third-order valence-corrected chi connectivity index (χ3v) is 8.85. The number of ether oxygens (including phenoxy) is 3. The molecule has 0 radical (unpaired) electrons. The van der Waals surface area contributed by atoms with Crippen LogP contribution in [-0.2, 0) is 23.9 Å². The van der Waals surface area contributed by atoms with Crippen LogP contribution in [0.15, 0.2) is 18.2 Å². The van der Waals surface area contributed by atoms with Crippen LogP contribution in [0.4, 0.5) is 16.2 Å². The van der Waals surface area contributed by atoms with Crippen LogP contribution in [0.3, 0.4) is 0 Å². The van der Waals surface area contributed by atoms with Gasteiger partial charge in [0, 0.05) is 51.1 Å². The Labute approximate surface area is 272 Å². The zero-order valence-electron chi connectivity index (χ0n) is 28.8. The van der Waals surface area contributed by atoms with Gasteiger partial charge in [-0.3, -0.25) is 14.4 Å². The van der Waals surface area contributed by atoms with Crippen LogP contribution in [0.2, 0.25) is 0 Å². The van der Waals surface area contributed by atoms with Gasteiger partial charge in [-0.15, -0.1) is 0 Å². The second-order valence-electron chi connectivity index (χ2n) is 14.6. The highest BCUT2D eigenvalue weighted by Crippen LogP contribution is 2.43. The molecule has 256 valence electrons. The lowest BCUT2D eigenvalue weighted by atomic mass is 9.84. The normalized spacial score (nSPS) is 23.4. The quantitative estimate of drug-likeness (QED) is 0.368. The minimum Gasteiger partial charge on any atom is -0.476 e. The first-order valence-corrected chi connectivity index (χ1v) is 16.4. The second kappa shape index (κ2) is 13.8. The number of nitrogens with zero attached hydrogens (tertiary/aromatic N) is 3. The summed E-state index contributed by atoms with van der Waals surface area (Å²) in [6.45, 7) is 15.2. The average molecular weight is 645 g/mol. The van der Waals surface area contributed by atoms with E-state index < -0.39 is 47.0 Å². The summed E-state index contributed by atoms with van der Waals surface area (Å²) >= 11 is 0. The summed E-state index contributed by atoms with van der Waals surface area (Å²) in [5.41, 5.74) is -0.748. The van der Waals surface area contributed by atoms with E-state index in [1.165, 1.54) is 4.90 Å². The van der Waals surface area contributed by atoms with Gasteiger partial charge in [-0.2, -0.15) is 0 Å². The molecule has 1 saturated heterocycles. The fourth-order valence-electron chi connectivity index (χ4n) is 5.81. The minimum absolute atomic E-state index is 0.0789. The molecule has 1 saturated carbocycles. The molecule has 3 aliphatic rings. The van der Waals surface area contributed by atoms with E-state index in [9.17, 15) is 24.3 Å². The Hall–Kier alpha value is -3.38. The number of methoxy groups -OCH3 is 1. The minimum atomic E-state index is -1.33. The van der Waals surface area contributed by atoms with Crippen LogP contribution in [0.5, 0.6) is 5.75 Å². The molecular weight excluding hydrogens is 592 g/mol. The van der Waals surface area contributed by atoms with Gasteiger partial charge in [0.05, 0.1) is 23.6 Å². The smallest absolute Gasteiger partial charge is 0.410 e. The van der Waals surface area contributed by atoms with Gasteiger partial charge in [-0.05, 0) is 84.9 Å². The van der Waals surface area contributed by atoms with Gasteiger partial charge >= 0.3 is 6.09 Å². The summed E-state index contributed by atoms with van der Waals surface area (Å²) < 4.78 is 16.9. The summed E-state index contributed by atoms with van der Waals surface area (Å²) in [7, 11) is 1.61. The van der Waals surface area contributed by atoms with E-state index in [-0.39, 0.29) is 37.0 Å². The number of hydrogen-bond acceptors (Lipinski definition) is 8. The van der Waals surface area contributed by atoms with E-state index in [2.05, 4.69) is 5.32 Å². The lowest BCUT2D eigenvalue weighted by molar-refractivity contribution is -0.141. The SMILES string of the molecule is COCCCN1C(=O)C(C)(C)Oc2ccc(N(C(=O)[C@H]3CN(C(=O)OC(C)(C)C)C[C@@H](C(=O)N[C@@H](C)C(C)C)[C@H]3O)C3CC3)cc21. The van der Waals surface area contributed by atoms with Crippen LogP contribution in [0.25, 0.3) is 0 Å². The number of aliphatic hydroxyl groups excluding tert-OH is 1. The molecule has 2 aliphatic heterocycles. The van der Waals surface area contributed by atoms with Crippen LogP contribution in [-0.4, -0.2) is 96.6 Å². The van der Waals surface area contributed by atoms with Gasteiger partial charge in [0.1, 0.15) is 11.4 Å². The highest BCUT2D eigenvalue weighted by molar-refractivity contribution is 6.04. The molecule has 0 bridgehead atoms. The maximum atomic E-state index is 14.5. The summed E-state index contributed by atoms with van der Waals surface area (Å²) in [6.07, 6.45) is 0.152. The zero-order chi connectivity index (χ0) is 34.1. The predicted octanol–water partition coefficient (Wildman–Crippen LogP) is 3.73. The molecule has 46 heavy (non-hydrogen) atoms. The first kappa shape index (κ1) is 35.5. The Morgan fingerprint density at radius 1 is 1.13 bits per heavy atom. The molecule has 0 aromatic heterocycles. The molecule has 12 nitrogen and oxygen atoms in total. The van der Waals surface area contributed by atoms with Crippen molar-refractivity contribution >= 4 is 35.2 Å².